The number of nitrogens with zero attached hydrogens (tertiary/aromatic N) is 1. The number of hydrogen-bond acceptors (Lipinski definition) is 3. The number of carbonyl (C=O) groups is 3. The van der Waals surface area contributed by atoms with Crippen LogP contribution < -0.4 is 11.1 Å². The molecule has 1 aliphatic heterocycles. The van der Waals surface area contributed by atoms with Gasteiger partial charge in [-0.25, -0.2) is 0 Å². The molecule has 6 heteroatoms. The smallest absolute Gasteiger partial charge is 0.246 e. The predicted octanol–water partition coefficient (Wildman–Crippen LogP) is -1.26. The van der Waals surface area contributed by atoms with Crippen molar-refractivity contribution < 1.29 is 14.4 Å². The van der Waals surface area contributed by atoms with E-state index >= 15 is 0 Å². The quantitative estimate of drug-likeness (QED) is 0.625. The van der Waals surface area contributed by atoms with Crippen molar-refractivity contribution in [2.75, 3.05) is 13.1 Å². The minimum absolute atomic E-state index is 0.0340. The second-order valence-electron chi connectivity index (χ2n) is 4.33. The van der Waals surface area contributed by atoms with Crippen LogP contribution in [-0.4, -0.2) is 41.2 Å². The molecule has 0 radical (unpaired) electrons. The lowest BCUT2D eigenvalue weighted by atomic mass is 10.2. The summed E-state index contributed by atoms with van der Waals surface area (Å²) in [6.45, 7) is 0.478. The lowest BCUT2D eigenvalue weighted by Gasteiger charge is -2.26. The van der Waals surface area contributed by atoms with Crippen molar-refractivity contribution in [2.45, 2.75) is 31.2 Å². The van der Waals surface area contributed by atoms with E-state index in [-0.39, 0.29) is 18.4 Å². The lowest BCUT2D eigenvalue weighted by molar-refractivity contribution is -0.139. The molecular formula is C10H15N3O3. The van der Waals surface area contributed by atoms with Crippen LogP contribution in [0, 0.1) is 0 Å². The first-order valence-corrected chi connectivity index (χ1v) is 5.43. The topological polar surface area (TPSA) is 92.5 Å². The van der Waals surface area contributed by atoms with Crippen LogP contribution in [-0.2, 0) is 14.4 Å². The average Bonchev–Trinajstić information content (AvgIpc) is 2.93. The van der Waals surface area contributed by atoms with Crippen molar-refractivity contribution in [2.24, 2.45) is 5.73 Å². The Morgan fingerprint density at radius 3 is 2.56 bits per heavy atom. The fourth-order valence-electron chi connectivity index (χ4n) is 2.17. The molecule has 88 valence electrons. The summed E-state index contributed by atoms with van der Waals surface area (Å²) in [6.07, 6.45) is 2.70. The maximum absolute atomic E-state index is 11.9. The zero-order valence-electron chi connectivity index (χ0n) is 8.99. The Kier molecular flexibility index (Phi) is 2.57. The molecule has 3 amide bonds. The van der Waals surface area contributed by atoms with Gasteiger partial charge in [-0.15, -0.1) is 0 Å². The Labute approximate surface area is 93.1 Å². The second-order valence-corrected chi connectivity index (χ2v) is 4.33. The van der Waals surface area contributed by atoms with E-state index in [1.54, 1.807) is 4.90 Å². The van der Waals surface area contributed by atoms with Gasteiger partial charge in [0.2, 0.25) is 17.7 Å². The molecule has 0 aromatic carbocycles. The highest BCUT2D eigenvalue weighted by atomic mass is 16.2. The Balaban J connectivity index is 1.99. The molecule has 3 N–H and O–H groups in total. The summed E-state index contributed by atoms with van der Waals surface area (Å²) in [6, 6.07) is 0. The number of carbonyl (C=O) groups excluding carboxylic acids is 3. The third-order valence-electron chi connectivity index (χ3n) is 3.16. The number of amides is 3. The minimum atomic E-state index is -0.678. The predicted molar refractivity (Wildman–Crippen MR) is 55.1 cm³/mol. The first kappa shape index (κ1) is 10.9. The van der Waals surface area contributed by atoms with Gasteiger partial charge in [0.05, 0.1) is 6.54 Å². The van der Waals surface area contributed by atoms with E-state index in [0.29, 0.717) is 25.8 Å². The summed E-state index contributed by atoms with van der Waals surface area (Å²) in [5.41, 5.74) is 4.27. The van der Waals surface area contributed by atoms with E-state index in [1.165, 1.54) is 0 Å². The molecule has 2 fully saturated rings. The van der Waals surface area contributed by atoms with Crippen LogP contribution in [0.3, 0.4) is 0 Å². The summed E-state index contributed by atoms with van der Waals surface area (Å²) in [5.74, 6) is -0.787. The second kappa shape index (κ2) is 3.77. The Hall–Kier alpha value is -1.59. The van der Waals surface area contributed by atoms with Crippen LogP contribution in [0.1, 0.15) is 25.7 Å². The van der Waals surface area contributed by atoms with Crippen molar-refractivity contribution in [1.29, 1.82) is 0 Å². The zero-order chi connectivity index (χ0) is 11.8. The van der Waals surface area contributed by atoms with Gasteiger partial charge in [-0.2, -0.15) is 0 Å². The van der Waals surface area contributed by atoms with Crippen molar-refractivity contribution in [3.05, 3.63) is 0 Å². The maximum atomic E-state index is 11.9. The number of hydrogen-bond donors (Lipinski definition) is 2. The number of nitrogens with one attached hydrogen (secondary N) is 1. The van der Waals surface area contributed by atoms with Gasteiger partial charge in [0, 0.05) is 13.0 Å². The van der Waals surface area contributed by atoms with Gasteiger partial charge in [0.25, 0.3) is 0 Å². The third-order valence-corrected chi connectivity index (χ3v) is 3.16. The third kappa shape index (κ3) is 1.75. The summed E-state index contributed by atoms with van der Waals surface area (Å²) in [5, 5.41) is 2.47. The van der Waals surface area contributed by atoms with E-state index in [1.807, 2.05) is 0 Å². The largest absolute Gasteiger partial charge is 0.368 e. The highest BCUT2D eigenvalue weighted by molar-refractivity contribution is 5.96. The summed E-state index contributed by atoms with van der Waals surface area (Å²) in [4.78, 5) is 35.6. The van der Waals surface area contributed by atoms with Crippen LogP contribution in [0.4, 0.5) is 0 Å². The number of primary amides is 1. The Morgan fingerprint density at radius 1 is 1.44 bits per heavy atom. The molecule has 1 saturated heterocycles. The van der Waals surface area contributed by atoms with Crippen molar-refractivity contribution >= 4 is 17.7 Å². The molecule has 6 nitrogen and oxygen atoms in total. The number of likely N-dealkylation sites (tertiary alicyclic amines) is 1. The van der Waals surface area contributed by atoms with Crippen molar-refractivity contribution in [1.82, 2.24) is 10.2 Å². The molecule has 0 aromatic heterocycles. The normalized spacial score (nSPS) is 22.0. The standard InChI is InChI=1S/C10H15N3O3/c11-7(14)6-12-9(16)10(3-4-10)13-5-1-2-8(13)15/h1-6H2,(H2,11,14)(H,12,16). The van der Waals surface area contributed by atoms with Gasteiger partial charge >= 0.3 is 0 Å². The molecule has 1 heterocycles. The first-order chi connectivity index (χ1) is 7.56. The SMILES string of the molecule is NC(=O)CNC(=O)C1(N2CCCC2=O)CC1. The minimum Gasteiger partial charge on any atom is -0.368 e. The van der Waals surface area contributed by atoms with Gasteiger partial charge in [0.15, 0.2) is 0 Å². The first-order valence-electron chi connectivity index (χ1n) is 5.43. The Bertz CT molecular complexity index is 349. The molecule has 0 bridgehead atoms. The van der Waals surface area contributed by atoms with Crippen molar-refractivity contribution in [3.8, 4) is 0 Å². The molecule has 1 aliphatic carbocycles. The van der Waals surface area contributed by atoms with Gasteiger partial charge in [-0.3, -0.25) is 14.4 Å². The monoisotopic (exact) mass is 225 g/mol. The highest BCUT2D eigenvalue weighted by Crippen LogP contribution is 2.44. The molecule has 1 saturated carbocycles. The van der Waals surface area contributed by atoms with E-state index < -0.39 is 11.4 Å². The summed E-state index contributed by atoms with van der Waals surface area (Å²) < 4.78 is 0. The van der Waals surface area contributed by atoms with Crippen LogP contribution in [0.2, 0.25) is 0 Å². The van der Waals surface area contributed by atoms with E-state index in [9.17, 15) is 14.4 Å². The van der Waals surface area contributed by atoms with Gasteiger partial charge in [-0.1, -0.05) is 0 Å². The molecule has 2 rings (SSSR count). The summed E-state index contributed by atoms with van der Waals surface area (Å²) in [7, 11) is 0. The average molecular weight is 225 g/mol. The Morgan fingerprint density at radius 2 is 2.12 bits per heavy atom. The van der Waals surface area contributed by atoms with Gasteiger partial charge < -0.3 is 16.0 Å². The summed E-state index contributed by atoms with van der Waals surface area (Å²) >= 11 is 0. The van der Waals surface area contributed by atoms with Gasteiger partial charge in [0.1, 0.15) is 5.54 Å². The molecule has 16 heavy (non-hydrogen) atoms. The lowest BCUT2D eigenvalue weighted by Crippen LogP contribution is -2.51. The molecule has 0 spiro atoms. The van der Waals surface area contributed by atoms with Crippen LogP contribution >= 0.6 is 0 Å². The molecular weight excluding hydrogens is 210 g/mol. The van der Waals surface area contributed by atoms with Crippen LogP contribution in [0.15, 0.2) is 0 Å². The zero-order valence-corrected chi connectivity index (χ0v) is 8.99. The molecule has 0 unspecified atom stereocenters. The maximum Gasteiger partial charge on any atom is 0.246 e. The molecule has 0 aromatic rings. The molecule has 2 aliphatic rings. The van der Waals surface area contributed by atoms with Crippen LogP contribution in [0.25, 0.3) is 0 Å². The number of nitrogens with two attached hydrogens (primary N) is 1. The highest BCUT2D eigenvalue weighted by Gasteiger charge is 2.57. The van der Waals surface area contributed by atoms with Crippen LogP contribution in [0.5, 0.6) is 0 Å². The van der Waals surface area contributed by atoms with Crippen molar-refractivity contribution in [3.63, 3.8) is 0 Å². The van der Waals surface area contributed by atoms with Gasteiger partial charge in [-0.05, 0) is 19.3 Å². The van der Waals surface area contributed by atoms with E-state index in [4.69, 9.17) is 5.73 Å². The fourth-order valence-corrected chi connectivity index (χ4v) is 2.17. The van der Waals surface area contributed by atoms with E-state index in [2.05, 4.69) is 5.32 Å². The number of rotatable bonds is 4. The van der Waals surface area contributed by atoms with E-state index in [0.717, 1.165) is 6.42 Å². The fraction of sp³-hybridized carbons (Fsp3) is 0.700. The molecule has 0 atom stereocenters.